The van der Waals surface area contributed by atoms with Gasteiger partial charge in [-0.05, 0) is 44.0 Å². The Morgan fingerprint density at radius 2 is 1.97 bits per heavy atom. The number of esters is 1. The predicted molar refractivity (Wildman–Crippen MR) is 109 cm³/mol. The Hall–Kier alpha value is -3.36. The molecule has 3 rings (SSSR count). The molecule has 9 heteroatoms. The van der Waals surface area contributed by atoms with E-state index in [1.165, 1.54) is 25.3 Å². The number of nitrogens with one attached hydrogen (secondary N) is 1. The molecule has 1 fully saturated rings. The van der Waals surface area contributed by atoms with Gasteiger partial charge in [0, 0.05) is 19.2 Å². The Bertz CT molecular complexity index is 888. The van der Waals surface area contributed by atoms with Gasteiger partial charge in [0.1, 0.15) is 11.4 Å². The molecule has 1 aliphatic rings. The van der Waals surface area contributed by atoms with Gasteiger partial charge in [0.05, 0.1) is 23.3 Å². The molecule has 160 valence electrons. The molecule has 0 spiro atoms. The number of benzene rings is 1. The molecule has 2 aromatic rings. The molecule has 0 saturated carbocycles. The zero-order valence-corrected chi connectivity index (χ0v) is 16.8. The van der Waals surface area contributed by atoms with Gasteiger partial charge in [0.15, 0.2) is 6.10 Å². The minimum atomic E-state index is -1.06. The minimum absolute atomic E-state index is 0.0333. The maximum Gasteiger partial charge on any atom is 0.339 e. The van der Waals surface area contributed by atoms with Crippen LogP contribution in [0.5, 0.6) is 0 Å². The van der Waals surface area contributed by atoms with E-state index in [9.17, 15) is 19.7 Å². The highest BCUT2D eigenvalue weighted by molar-refractivity contribution is 5.93. The third-order valence-corrected chi connectivity index (χ3v) is 5.02. The Morgan fingerprint density at radius 1 is 1.23 bits per heavy atom. The average molecular weight is 415 g/mol. The van der Waals surface area contributed by atoms with Crippen molar-refractivity contribution < 1.29 is 23.7 Å². The van der Waals surface area contributed by atoms with Crippen molar-refractivity contribution >= 4 is 23.3 Å². The SMILES string of the molecule is C[C@@H](OC(=O)c1ccc(N2CCCCCC2)c([N+](=O)[O-])c1)C(=O)NCc1ccco1. The van der Waals surface area contributed by atoms with E-state index in [1.54, 1.807) is 18.2 Å². The van der Waals surface area contributed by atoms with Crippen molar-refractivity contribution in [3.05, 3.63) is 58.0 Å². The van der Waals surface area contributed by atoms with Crippen LogP contribution in [-0.2, 0) is 16.1 Å². The highest BCUT2D eigenvalue weighted by Crippen LogP contribution is 2.31. The lowest BCUT2D eigenvalue weighted by Crippen LogP contribution is -2.35. The lowest BCUT2D eigenvalue weighted by molar-refractivity contribution is -0.384. The van der Waals surface area contributed by atoms with Gasteiger partial charge >= 0.3 is 5.97 Å². The maximum absolute atomic E-state index is 12.5. The van der Waals surface area contributed by atoms with Gasteiger partial charge in [0.2, 0.25) is 0 Å². The van der Waals surface area contributed by atoms with Crippen molar-refractivity contribution in [1.82, 2.24) is 5.32 Å². The molecule has 9 nitrogen and oxygen atoms in total. The predicted octanol–water partition coefficient (Wildman–Crippen LogP) is 3.43. The number of nitrogens with zero attached hydrogens (tertiary/aromatic N) is 2. The number of rotatable bonds is 7. The Morgan fingerprint density at radius 3 is 2.60 bits per heavy atom. The number of carbonyl (C=O) groups is 2. The van der Waals surface area contributed by atoms with E-state index in [0.717, 1.165) is 38.8 Å². The van der Waals surface area contributed by atoms with E-state index in [4.69, 9.17) is 9.15 Å². The number of hydrogen-bond donors (Lipinski definition) is 1. The molecule has 0 radical (unpaired) electrons. The van der Waals surface area contributed by atoms with Crippen LogP contribution in [-0.4, -0.2) is 36.0 Å². The van der Waals surface area contributed by atoms with Gasteiger partial charge in [-0.1, -0.05) is 12.8 Å². The Labute approximate surface area is 174 Å². The van der Waals surface area contributed by atoms with E-state index >= 15 is 0 Å². The molecule has 1 saturated heterocycles. The molecule has 0 aliphatic carbocycles. The summed E-state index contributed by atoms with van der Waals surface area (Å²) < 4.78 is 10.3. The maximum atomic E-state index is 12.5. The van der Waals surface area contributed by atoms with E-state index in [-0.39, 0.29) is 17.8 Å². The summed E-state index contributed by atoms with van der Waals surface area (Å²) in [4.78, 5) is 37.7. The number of nitro groups is 1. The zero-order valence-electron chi connectivity index (χ0n) is 16.8. The standard InChI is InChI=1S/C21H25N3O6/c1-15(20(25)22-14-17-7-6-12-29-17)30-21(26)16-8-9-18(19(13-16)24(27)28)23-10-4-2-3-5-11-23/h6-9,12-13,15H,2-5,10-11,14H2,1H3,(H,22,25)/t15-/m1/s1. The lowest BCUT2D eigenvalue weighted by Gasteiger charge is -2.22. The third-order valence-electron chi connectivity index (χ3n) is 5.02. The minimum Gasteiger partial charge on any atom is -0.467 e. The first-order chi connectivity index (χ1) is 14.5. The van der Waals surface area contributed by atoms with Crippen LogP contribution in [0.15, 0.2) is 41.0 Å². The molecule has 2 heterocycles. The lowest BCUT2D eigenvalue weighted by atomic mass is 10.1. The fourth-order valence-corrected chi connectivity index (χ4v) is 3.39. The number of carbonyl (C=O) groups excluding carboxylic acids is 2. The summed E-state index contributed by atoms with van der Waals surface area (Å²) in [5, 5.41) is 14.2. The molecular formula is C21H25N3O6. The number of anilines is 1. The van der Waals surface area contributed by atoms with Crippen molar-refractivity contribution in [2.75, 3.05) is 18.0 Å². The zero-order chi connectivity index (χ0) is 21.5. The van der Waals surface area contributed by atoms with Gasteiger partial charge in [0.25, 0.3) is 11.6 Å². The molecule has 1 N–H and O–H groups in total. The second kappa shape index (κ2) is 9.91. The molecule has 1 aromatic heterocycles. The first kappa shape index (κ1) is 21.4. The fraction of sp³-hybridized carbons (Fsp3) is 0.429. The topological polar surface area (TPSA) is 115 Å². The molecule has 0 unspecified atom stereocenters. The molecule has 0 bridgehead atoms. The van der Waals surface area contributed by atoms with Crippen molar-refractivity contribution in [1.29, 1.82) is 0 Å². The molecular weight excluding hydrogens is 390 g/mol. The van der Waals surface area contributed by atoms with E-state index in [2.05, 4.69) is 5.32 Å². The second-order valence-corrected chi connectivity index (χ2v) is 7.21. The number of hydrogen-bond acceptors (Lipinski definition) is 7. The number of amides is 1. The average Bonchev–Trinajstić information content (AvgIpc) is 3.11. The smallest absolute Gasteiger partial charge is 0.339 e. The van der Waals surface area contributed by atoms with E-state index < -0.39 is 22.9 Å². The summed E-state index contributed by atoms with van der Waals surface area (Å²) in [5.74, 6) is -0.710. The Balaban J connectivity index is 1.66. The number of furan rings is 1. The van der Waals surface area contributed by atoms with Crippen molar-refractivity contribution in [3.63, 3.8) is 0 Å². The number of ether oxygens (including phenoxy) is 1. The normalized spacial score (nSPS) is 15.2. The summed E-state index contributed by atoms with van der Waals surface area (Å²) in [6.45, 7) is 3.11. The molecule has 1 atom stereocenters. The third kappa shape index (κ3) is 5.37. The molecule has 1 aromatic carbocycles. The summed E-state index contributed by atoms with van der Waals surface area (Å²) >= 11 is 0. The van der Waals surface area contributed by atoms with Crippen LogP contribution in [0.25, 0.3) is 0 Å². The van der Waals surface area contributed by atoms with Gasteiger partial charge in [-0.25, -0.2) is 4.79 Å². The quantitative estimate of drug-likeness (QED) is 0.418. The molecule has 30 heavy (non-hydrogen) atoms. The van der Waals surface area contributed by atoms with Crippen LogP contribution in [0.2, 0.25) is 0 Å². The van der Waals surface area contributed by atoms with Crippen LogP contribution in [0, 0.1) is 10.1 Å². The van der Waals surface area contributed by atoms with E-state index in [1.807, 2.05) is 4.90 Å². The van der Waals surface area contributed by atoms with E-state index in [0.29, 0.717) is 11.4 Å². The van der Waals surface area contributed by atoms with Crippen molar-refractivity contribution in [2.24, 2.45) is 0 Å². The van der Waals surface area contributed by atoms with Crippen LogP contribution < -0.4 is 10.2 Å². The number of nitro benzene ring substituents is 1. The van der Waals surface area contributed by atoms with Crippen LogP contribution in [0.1, 0.15) is 48.7 Å². The van der Waals surface area contributed by atoms with Crippen molar-refractivity contribution in [3.8, 4) is 0 Å². The van der Waals surface area contributed by atoms with Crippen LogP contribution in [0.3, 0.4) is 0 Å². The largest absolute Gasteiger partial charge is 0.467 e. The highest BCUT2D eigenvalue weighted by Gasteiger charge is 2.25. The molecule has 1 aliphatic heterocycles. The van der Waals surface area contributed by atoms with Gasteiger partial charge in [-0.2, -0.15) is 0 Å². The first-order valence-electron chi connectivity index (χ1n) is 10.00. The summed E-state index contributed by atoms with van der Waals surface area (Å²) in [7, 11) is 0. The molecule has 1 amide bonds. The summed E-state index contributed by atoms with van der Waals surface area (Å²) in [6, 6.07) is 7.72. The first-order valence-corrected chi connectivity index (χ1v) is 10.00. The fourth-order valence-electron chi connectivity index (χ4n) is 3.39. The van der Waals surface area contributed by atoms with Gasteiger partial charge in [-0.3, -0.25) is 14.9 Å². The Kier molecular flexibility index (Phi) is 7.05. The van der Waals surface area contributed by atoms with Gasteiger partial charge in [-0.15, -0.1) is 0 Å². The highest BCUT2D eigenvalue weighted by atomic mass is 16.6. The van der Waals surface area contributed by atoms with Crippen LogP contribution in [0.4, 0.5) is 11.4 Å². The summed E-state index contributed by atoms with van der Waals surface area (Å²) in [5.41, 5.74) is 0.398. The second-order valence-electron chi connectivity index (χ2n) is 7.21. The van der Waals surface area contributed by atoms with Gasteiger partial charge < -0.3 is 19.4 Å². The summed E-state index contributed by atoms with van der Waals surface area (Å²) in [6.07, 6.45) is 4.60. The monoisotopic (exact) mass is 415 g/mol. The van der Waals surface area contributed by atoms with Crippen LogP contribution >= 0.6 is 0 Å². The van der Waals surface area contributed by atoms with Crippen molar-refractivity contribution in [2.45, 2.75) is 45.3 Å².